The average Bonchev–Trinajstić information content (AvgIpc) is 2.31. The van der Waals surface area contributed by atoms with Gasteiger partial charge < -0.3 is 10.1 Å². The monoisotopic (exact) mass is 239 g/mol. The van der Waals surface area contributed by atoms with E-state index < -0.39 is 0 Å². The Balaban J connectivity index is 2.26. The first-order valence-corrected chi connectivity index (χ1v) is 6.10. The Morgan fingerprint density at radius 3 is 2.44 bits per heavy atom. The van der Waals surface area contributed by atoms with Crippen molar-refractivity contribution in [1.29, 1.82) is 0 Å². The van der Waals surface area contributed by atoms with Gasteiger partial charge in [0.1, 0.15) is 0 Å². The minimum atomic E-state index is 0.171. The predicted molar refractivity (Wildman–Crippen MR) is 67.1 cm³/mol. The fourth-order valence-electron chi connectivity index (χ4n) is 2.50. The van der Waals surface area contributed by atoms with Gasteiger partial charge in [0, 0.05) is 17.5 Å². The lowest BCUT2D eigenvalue weighted by Gasteiger charge is -2.37. The third-order valence-corrected chi connectivity index (χ3v) is 3.69. The smallest absolute Gasteiger partial charge is 0.0560 e. The molecule has 1 aliphatic rings. The number of hydrogen-bond acceptors (Lipinski definition) is 2. The molecule has 1 heterocycles. The van der Waals surface area contributed by atoms with Crippen molar-refractivity contribution < 1.29 is 4.74 Å². The highest BCUT2D eigenvalue weighted by atomic mass is 35.5. The first kappa shape index (κ1) is 11.9. The van der Waals surface area contributed by atoms with Gasteiger partial charge in [-0.3, -0.25) is 0 Å². The fraction of sp³-hybridized carbons (Fsp3) is 0.538. The molecule has 0 spiro atoms. The lowest BCUT2D eigenvalue weighted by molar-refractivity contribution is 0.108. The average molecular weight is 240 g/mol. The van der Waals surface area contributed by atoms with Gasteiger partial charge in [0.2, 0.25) is 0 Å². The highest BCUT2D eigenvalue weighted by Crippen LogP contribution is 2.34. The maximum atomic E-state index is 5.93. The third-order valence-electron chi connectivity index (χ3n) is 3.44. The van der Waals surface area contributed by atoms with E-state index in [-0.39, 0.29) is 5.41 Å². The van der Waals surface area contributed by atoms with E-state index in [1.54, 1.807) is 7.11 Å². The molecule has 88 valence electrons. The Morgan fingerprint density at radius 2 is 1.88 bits per heavy atom. The maximum absolute atomic E-state index is 5.93. The van der Waals surface area contributed by atoms with Crippen LogP contribution in [0, 0.1) is 0 Å². The SMILES string of the molecule is COCC1(c2ccc(Cl)cc2)CCNCC1. The van der Waals surface area contributed by atoms with E-state index in [4.69, 9.17) is 16.3 Å². The van der Waals surface area contributed by atoms with Crippen molar-refractivity contribution in [3.05, 3.63) is 34.9 Å². The summed E-state index contributed by atoms with van der Waals surface area (Å²) >= 11 is 5.93. The van der Waals surface area contributed by atoms with Gasteiger partial charge in [-0.1, -0.05) is 23.7 Å². The summed E-state index contributed by atoms with van der Waals surface area (Å²) in [4.78, 5) is 0. The molecule has 0 bridgehead atoms. The third kappa shape index (κ3) is 2.40. The molecule has 1 aromatic rings. The van der Waals surface area contributed by atoms with Crippen LogP contribution < -0.4 is 5.32 Å². The van der Waals surface area contributed by atoms with Gasteiger partial charge >= 0.3 is 0 Å². The van der Waals surface area contributed by atoms with Crippen LogP contribution >= 0.6 is 11.6 Å². The molecule has 1 aliphatic heterocycles. The molecule has 2 rings (SSSR count). The van der Waals surface area contributed by atoms with Crippen LogP contribution in [-0.2, 0) is 10.2 Å². The number of methoxy groups -OCH3 is 1. The second kappa shape index (κ2) is 5.17. The van der Waals surface area contributed by atoms with Crippen molar-refractivity contribution in [3.63, 3.8) is 0 Å². The molecule has 1 saturated heterocycles. The molecule has 1 fully saturated rings. The molecule has 0 saturated carbocycles. The molecule has 0 unspecified atom stereocenters. The van der Waals surface area contributed by atoms with Gasteiger partial charge in [-0.15, -0.1) is 0 Å². The number of rotatable bonds is 3. The molecule has 16 heavy (non-hydrogen) atoms. The summed E-state index contributed by atoms with van der Waals surface area (Å²) in [6.07, 6.45) is 2.25. The number of piperidine rings is 1. The fourth-order valence-corrected chi connectivity index (χ4v) is 2.63. The van der Waals surface area contributed by atoms with Crippen LogP contribution in [0.2, 0.25) is 5.02 Å². The van der Waals surface area contributed by atoms with Gasteiger partial charge in [-0.25, -0.2) is 0 Å². The van der Waals surface area contributed by atoms with E-state index in [9.17, 15) is 0 Å². The molecular weight excluding hydrogens is 222 g/mol. The second-order valence-electron chi connectivity index (χ2n) is 4.47. The van der Waals surface area contributed by atoms with Gasteiger partial charge in [0.05, 0.1) is 6.61 Å². The summed E-state index contributed by atoms with van der Waals surface area (Å²) in [5.74, 6) is 0. The van der Waals surface area contributed by atoms with Crippen LogP contribution in [0.1, 0.15) is 18.4 Å². The molecule has 0 atom stereocenters. The number of benzene rings is 1. The molecular formula is C13H18ClNO. The van der Waals surface area contributed by atoms with Crippen molar-refractivity contribution in [3.8, 4) is 0 Å². The minimum Gasteiger partial charge on any atom is -0.384 e. The predicted octanol–water partition coefficient (Wildman–Crippen LogP) is 2.61. The van der Waals surface area contributed by atoms with E-state index in [2.05, 4.69) is 17.4 Å². The Labute approximate surface area is 102 Å². The number of ether oxygens (including phenoxy) is 1. The van der Waals surface area contributed by atoms with Crippen LogP contribution in [0.15, 0.2) is 24.3 Å². The Kier molecular flexibility index (Phi) is 3.85. The topological polar surface area (TPSA) is 21.3 Å². The molecule has 2 nitrogen and oxygen atoms in total. The van der Waals surface area contributed by atoms with Crippen LogP contribution in [0.3, 0.4) is 0 Å². The van der Waals surface area contributed by atoms with Crippen LogP contribution in [-0.4, -0.2) is 26.8 Å². The zero-order valence-corrected chi connectivity index (χ0v) is 10.4. The van der Waals surface area contributed by atoms with Gasteiger partial charge in [-0.2, -0.15) is 0 Å². The highest BCUT2D eigenvalue weighted by molar-refractivity contribution is 6.30. The molecule has 1 N–H and O–H groups in total. The Hall–Kier alpha value is -0.570. The largest absolute Gasteiger partial charge is 0.384 e. The Morgan fingerprint density at radius 1 is 1.25 bits per heavy atom. The van der Waals surface area contributed by atoms with Crippen molar-refractivity contribution >= 4 is 11.6 Å². The summed E-state index contributed by atoms with van der Waals surface area (Å²) < 4.78 is 5.41. The molecule has 0 aliphatic carbocycles. The second-order valence-corrected chi connectivity index (χ2v) is 4.91. The quantitative estimate of drug-likeness (QED) is 0.876. The van der Waals surface area contributed by atoms with E-state index in [1.165, 1.54) is 5.56 Å². The van der Waals surface area contributed by atoms with Crippen molar-refractivity contribution in [1.82, 2.24) is 5.32 Å². The number of hydrogen-bond donors (Lipinski definition) is 1. The summed E-state index contributed by atoms with van der Waals surface area (Å²) in [5.41, 5.74) is 1.52. The van der Waals surface area contributed by atoms with Crippen LogP contribution in [0.5, 0.6) is 0 Å². The van der Waals surface area contributed by atoms with Crippen molar-refractivity contribution in [2.45, 2.75) is 18.3 Å². The maximum Gasteiger partial charge on any atom is 0.0560 e. The summed E-state index contributed by atoms with van der Waals surface area (Å²) in [6.45, 7) is 2.91. The zero-order valence-electron chi connectivity index (χ0n) is 9.63. The van der Waals surface area contributed by atoms with E-state index in [1.807, 2.05) is 12.1 Å². The molecule has 0 amide bonds. The summed E-state index contributed by atoms with van der Waals surface area (Å²) in [6, 6.07) is 8.20. The first-order valence-electron chi connectivity index (χ1n) is 5.73. The minimum absolute atomic E-state index is 0.171. The van der Waals surface area contributed by atoms with Gasteiger partial charge in [0.15, 0.2) is 0 Å². The van der Waals surface area contributed by atoms with E-state index in [0.717, 1.165) is 37.6 Å². The standard InChI is InChI=1S/C13H18ClNO/c1-16-10-13(6-8-15-9-7-13)11-2-4-12(14)5-3-11/h2-5,15H,6-10H2,1H3. The summed E-state index contributed by atoms with van der Waals surface area (Å²) in [5, 5.41) is 4.19. The van der Waals surface area contributed by atoms with E-state index >= 15 is 0 Å². The normalized spacial score (nSPS) is 19.6. The van der Waals surface area contributed by atoms with E-state index in [0.29, 0.717) is 0 Å². The highest BCUT2D eigenvalue weighted by Gasteiger charge is 2.33. The lowest BCUT2D eigenvalue weighted by Crippen LogP contribution is -2.42. The number of nitrogens with one attached hydrogen (secondary N) is 1. The van der Waals surface area contributed by atoms with Crippen molar-refractivity contribution in [2.75, 3.05) is 26.8 Å². The van der Waals surface area contributed by atoms with Crippen molar-refractivity contribution in [2.24, 2.45) is 0 Å². The van der Waals surface area contributed by atoms with Gasteiger partial charge in [-0.05, 0) is 43.6 Å². The van der Waals surface area contributed by atoms with Crippen LogP contribution in [0.25, 0.3) is 0 Å². The molecule has 1 aromatic carbocycles. The Bertz CT molecular complexity index is 325. The first-order chi connectivity index (χ1) is 7.77. The van der Waals surface area contributed by atoms with Crippen LogP contribution in [0.4, 0.5) is 0 Å². The summed E-state index contributed by atoms with van der Waals surface area (Å²) in [7, 11) is 1.78. The lowest BCUT2D eigenvalue weighted by atomic mass is 9.74. The molecule has 3 heteroatoms. The number of halogens is 1. The van der Waals surface area contributed by atoms with Gasteiger partial charge in [0.25, 0.3) is 0 Å². The zero-order chi connectivity index (χ0) is 11.4. The molecule has 0 radical (unpaired) electrons. The molecule has 0 aromatic heterocycles.